The van der Waals surface area contributed by atoms with E-state index in [0.717, 1.165) is 36.5 Å². The van der Waals surface area contributed by atoms with Crippen LogP contribution in [0.15, 0.2) is 36.4 Å². The van der Waals surface area contributed by atoms with Gasteiger partial charge in [-0.25, -0.2) is 4.98 Å². The van der Waals surface area contributed by atoms with Crippen LogP contribution in [0.4, 0.5) is 17.3 Å². The second-order valence-corrected chi connectivity index (χ2v) is 4.93. The lowest BCUT2D eigenvalue weighted by Gasteiger charge is -2.12. The molecule has 21 heavy (non-hydrogen) atoms. The fourth-order valence-electron chi connectivity index (χ4n) is 2.06. The summed E-state index contributed by atoms with van der Waals surface area (Å²) in [5, 5.41) is 15.8. The van der Waals surface area contributed by atoms with Crippen LogP contribution in [0.25, 0.3) is 0 Å². The number of aryl methyl sites for hydroxylation is 1. The molecule has 0 saturated heterocycles. The number of para-hydroxylation sites is 1. The molecule has 2 N–H and O–H groups in total. The van der Waals surface area contributed by atoms with Gasteiger partial charge in [-0.15, -0.1) is 0 Å². The summed E-state index contributed by atoms with van der Waals surface area (Å²) in [6, 6.07) is 14.0. The number of hydrogen-bond acceptors (Lipinski definition) is 4. The Kier molecular flexibility index (Phi) is 5.16. The first-order valence-electron chi connectivity index (χ1n) is 7.22. The predicted molar refractivity (Wildman–Crippen MR) is 86.8 cm³/mol. The Bertz CT molecular complexity index is 629. The molecule has 1 heterocycles. The molecule has 0 unspecified atom stereocenters. The van der Waals surface area contributed by atoms with E-state index < -0.39 is 0 Å². The first kappa shape index (κ1) is 14.9. The highest BCUT2D eigenvalue weighted by molar-refractivity contribution is 5.64. The van der Waals surface area contributed by atoms with Gasteiger partial charge in [-0.3, -0.25) is 0 Å². The second kappa shape index (κ2) is 7.30. The Labute approximate surface area is 125 Å². The summed E-state index contributed by atoms with van der Waals surface area (Å²) in [4.78, 5) is 4.53. The van der Waals surface area contributed by atoms with Gasteiger partial charge >= 0.3 is 0 Å². The minimum absolute atomic E-state index is 0.615. The highest BCUT2D eigenvalue weighted by Gasteiger charge is 2.09. The molecule has 0 spiro atoms. The van der Waals surface area contributed by atoms with Crippen molar-refractivity contribution in [3.63, 3.8) is 0 Å². The van der Waals surface area contributed by atoms with Crippen LogP contribution in [0.2, 0.25) is 0 Å². The molecular formula is C17H20N4. The molecule has 1 aromatic carbocycles. The first-order valence-corrected chi connectivity index (χ1v) is 7.22. The van der Waals surface area contributed by atoms with Crippen molar-refractivity contribution < 1.29 is 0 Å². The Morgan fingerprint density at radius 2 is 2.00 bits per heavy atom. The van der Waals surface area contributed by atoms with Crippen LogP contribution in [0.1, 0.15) is 30.9 Å². The number of aromatic nitrogens is 1. The predicted octanol–water partition coefficient (Wildman–Crippen LogP) is 4.22. The molecule has 108 valence electrons. The lowest BCUT2D eigenvalue weighted by atomic mass is 10.1. The highest BCUT2D eigenvalue weighted by atomic mass is 15.1. The topological polar surface area (TPSA) is 60.7 Å². The number of benzene rings is 1. The van der Waals surface area contributed by atoms with Crippen molar-refractivity contribution in [1.82, 2.24) is 4.98 Å². The maximum atomic E-state index is 9.29. The normalized spacial score (nSPS) is 9.95. The molecule has 0 aliphatic rings. The van der Waals surface area contributed by atoms with E-state index in [1.165, 1.54) is 0 Å². The average Bonchev–Trinajstić information content (AvgIpc) is 2.48. The largest absolute Gasteiger partial charge is 0.369 e. The number of nitrogens with zero attached hydrogens (tertiary/aromatic N) is 2. The summed E-state index contributed by atoms with van der Waals surface area (Å²) in [5.41, 5.74) is 2.52. The van der Waals surface area contributed by atoms with Gasteiger partial charge in [0.05, 0.1) is 5.56 Å². The smallest absolute Gasteiger partial charge is 0.146 e. The summed E-state index contributed by atoms with van der Waals surface area (Å²) in [6.07, 6.45) is 2.16. The van der Waals surface area contributed by atoms with Crippen molar-refractivity contribution in [2.75, 3.05) is 17.2 Å². The SMILES string of the molecule is CCCCNc1nc(Nc2ccccc2)cc(C)c1C#N. The Morgan fingerprint density at radius 1 is 1.24 bits per heavy atom. The Morgan fingerprint density at radius 3 is 2.67 bits per heavy atom. The van der Waals surface area contributed by atoms with Gasteiger partial charge < -0.3 is 10.6 Å². The van der Waals surface area contributed by atoms with E-state index >= 15 is 0 Å². The van der Waals surface area contributed by atoms with Crippen LogP contribution in [0.3, 0.4) is 0 Å². The zero-order chi connectivity index (χ0) is 15.1. The number of hydrogen-bond donors (Lipinski definition) is 2. The molecule has 0 bridgehead atoms. The lowest BCUT2D eigenvalue weighted by molar-refractivity contribution is 0.830. The Balaban J connectivity index is 2.25. The lowest BCUT2D eigenvalue weighted by Crippen LogP contribution is -2.07. The number of unbranched alkanes of at least 4 members (excludes halogenated alkanes) is 1. The molecule has 2 aromatic rings. The first-order chi connectivity index (χ1) is 10.2. The van der Waals surface area contributed by atoms with Crippen molar-refractivity contribution in [3.8, 4) is 6.07 Å². The van der Waals surface area contributed by atoms with E-state index in [-0.39, 0.29) is 0 Å². The molecule has 4 heteroatoms. The van der Waals surface area contributed by atoms with Gasteiger partial charge in [-0.1, -0.05) is 31.5 Å². The molecule has 0 saturated carbocycles. The van der Waals surface area contributed by atoms with Gasteiger partial charge in [0.2, 0.25) is 0 Å². The Hall–Kier alpha value is -2.54. The minimum atomic E-state index is 0.615. The van der Waals surface area contributed by atoms with Crippen molar-refractivity contribution in [1.29, 1.82) is 5.26 Å². The third kappa shape index (κ3) is 3.96. The van der Waals surface area contributed by atoms with Crippen LogP contribution in [0.5, 0.6) is 0 Å². The molecule has 0 radical (unpaired) electrons. The molecule has 4 nitrogen and oxygen atoms in total. The van der Waals surface area contributed by atoms with Gasteiger partial charge in [0.1, 0.15) is 17.7 Å². The fourth-order valence-corrected chi connectivity index (χ4v) is 2.06. The van der Waals surface area contributed by atoms with Crippen molar-refractivity contribution in [2.24, 2.45) is 0 Å². The molecule has 0 aliphatic heterocycles. The quantitative estimate of drug-likeness (QED) is 0.778. The summed E-state index contributed by atoms with van der Waals surface area (Å²) < 4.78 is 0. The zero-order valence-corrected chi connectivity index (χ0v) is 12.5. The van der Waals surface area contributed by atoms with Crippen LogP contribution in [-0.4, -0.2) is 11.5 Å². The van der Waals surface area contributed by atoms with Gasteiger partial charge in [-0.05, 0) is 37.1 Å². The molecule has 1 aromatic heterocycles. The van der Waals surface area contributed by atoms with Gasteiger partial charge in [-0.2, -0.15) is 5.26 Å². The fraction of sp³-hybridized carbons (Fsp3) is 0.294. The number of pyridine rings is 1. The zero-order valence-electron chi connectivity index (χ0n) is 12.5. The van der Waals surface area contributed by atoms with E-state index in [2.05, 4.69) is 28.6 Å². The molecule has 0 aliphatic carbocycles. The molecule has 2 rings (SSSR count). The van der Waals surface area contributed by atoms with Crippen molar-refractivity contribution in [3.05, 3.63) is 47.5 Å². The van der Waals surface area contributed by atoms with Crippen molar-refractivity contribution in [2.45, 2.75) is 26.7 Å². The number of nitrogens with one attached hydrogen (secondary N) is 2. The summed E-state index contributed by atoms with van der Waals surface area (Å²) in [7, 11) is 0. The van der Waals surface area contributed by atoms with Crippen LogP contribution < -0.4 is 10.6 Å². The minimum Gasteiger partial charge on any atom is -0.369 e. The highest BCUT2D eigenvalue weighted by Crippen LogP contribution is 2.23. The number of nitriles is 1. The van der Waals surface area contributed by atoms with E-state index in [4.69, 9.17) is 0 Å². The molecule has 0 atom stereocenters. The van der Waals surface area contributed by atoms with Crippen LogP contribution in [-0.2, 0) is 0 Å². The van der Waals surface area contributed by atoms with Crippen LogP contribution >= 0.6 is 0 Å². The van der Waals surface area contributed by atoms with Gasteiger partial charge in [0.25, 0.3) is 0 Å². The summed E-state index contributed by atoms with van der Waals surface area (Å²) >= 11 is 0. The van der Waals surface area contributed by atoms with E-state index in [1.54, 1.807) is 0 Å². The summed E-state index contributed by atoms with van der Waals surface area (Å²) in [5.74, 6) is 1.40. The third-order valence-corrected chi connectivity index (χ3v) is 3.20. The van der Waals surface area contributed by atoms with E-state index in [0.29, 0.717) is 11.4 Å². The average molecular weight is 280 g/mol. The standard InChI is InChI=1S/C17H20N4/c1-3-4-10-19-17-15(12-18)13(2)11-16(21-17)20-14-8-6-5-7-9-14/h5-9,11H,3-4,10H2,1-2H3,(H2,19,20,21). The third-order valence-electron chi connectivity index (χ3n) is 3.20. The second-order valence-electron chi connectivity index (χ2n) is 4.93. The van der Waals surface area contributed by atoms with E-state index in [1.807, 2.05) is 43.3 Å². The summed E-state index contributed by atoms with van der Waals surface area (Å²) in [6.45, 7) is 4.90. The number of rotatable bonds is 6. The monoisotopic (exact) mass is 280 g/mol. The van der Waals surface area contributed by atoms with Crippen molar-refractivity contribution >= 4 is 17.3 Å². The molecule has 0 amide bonds. The maximum absolute atomic E-state index is 9.29. The molecule has 0 fully saturated rings. The van der Waals surface area contributed by atoms with Crippen LogP contribution in [0, 0.1) is 18.3 Å². The van der Waals surface area contributed by atoms with E-state index in [9.17, 15) is 5.26 Å². The van der Waals surface area contributed by atoms with Gasteiger partial charge in [0.15, 0.2) is 0 Å². The number of anilines is 3. The maximum Gasteiger partial charge on any atom is 0.146 e. The molecular weight excluding hydrogens is 260 g/mol. The van der Waals surface area contributed by atoms with Gasteiger partial charge in [0, 0.05) is 12.2 Å².